The number of hydrogen-bond acceptors (Lipinski definition) is 5. The van der Waals surface area contributed by atoms with E-state index in [4.69, 9.17) is 21.7 Å². The molecule has 1 unspecified atom stereocenters. The van der Waals surface area contributed by atoms with Gasteiger partial charge in [-0.3, -0.25) is 4.79 Å². The van der Waals surface area contributed by atoms with E-state index in [2.05, 4.69) is 33.9 Å². The number of carbonyl (C=O) groups excluding carboxylic acids is 2. The summed E-state index contributed by atoms with van der Waals surface area (Å²) in [5.74, 6) is -0.391. The van der Waals surface area contributed by atoms with Crippen LogP contribution in [0.25, 0.3) is 0 Å². The second-order valence-corrected chi connectivity index (χ2v) is 12.0. The zero-order chi connectivity index (χ0) is 17.0. The van der Waals surface area contributed by atoms with Crippen LogP contribution in [0, 0.1) is 0 Å². The first-order chi connectivity index (χ1) is 10.1. The Kier molecular flexibility index (Phi) is 6.83. The molecule has 0 saturated carbocycles. The standard InChI is InChI=1S/C15H27BO5Si/c1-15(2,3)22(4,5)21-12-9-11(20-14(12)16)10-19-13(18)7-6-8-17/h8,11-12,14H,6-7,9-10H2,1-5H3/t11-,12?,14+/m0/s1. The van der Waals surface area contributed by atoms with E-state index >= 15 is 0 Å². The van der Waals surface area contributed by atoms with Crippen molar-refractivity contribution in [3.8, 4) is 0 Å². The molecule has 1 saturated heterocycles. The van der Waals surface area contributed by atoms with E-state index in [9.17, 15) is 9.59 Å². The van der Waals surface area contributed by atoms with Crippen LogP contribution in [0.15, 0.2) is 0 Å². The lowest BCUT2D eigenvalue weighted by Crippen LogP contribution is -2.46. The second-order valence-electron chi connectivity index (χ2n) is 7.26. The van der Waals surface area contributed by atoms with Crippen molar-refractivity contribution < 1.29 is 23.5 Å². The summed E-state index contributed by atoms with van der Waals surface area (Å²) in [4.78, 5) is 21.6. The first-order valence-corrected chi connectivity index (χ1v) is 10.7. The Morgan fingerprint density at radius 1 is 1.41 bits per heavy atom. The Bertz CT molecular complexity index is 394. The van der Waals surface area contributed by atoms with Gasteiger partial charge >= 0.3 is 5.97 Å². The lowest BCUT2D eigenvalue weighted by molar-refractivity contribution is -0.147. The average Bonchev–Trinajstić information content (AvgIpc) is 2.72. The van der Waals surface area contributed by atoms with Crippen molar-refractivity contribution in [1.29, 1.82) is 0 Å². The number of rotatable bonds is 7. The fourth-order valence-corrected chi connectivity index (χ4v) is 3.31. The summed E-state index contributed by atoms with van der Waals surface area (Å²) in [6.45, 7) is 11.0. The minimum Gasteiger partial charge on any atom is -0.463 e. The Balaban J connectivity index is 2.45. The Hall–Kier alpha value is -0.658. The lowest BCUT2D eigenvalue weighted by Gasteiger charge is -2.39. The third-order valence-electron chi connectivity index (χ3n) is 4.36. The number of aldehydes is 1. The molecule has 0 spiro atoms. The number of esters is 1. The minimum atomic E-state index is -1.91. The minimum absolute atomic E-state index is 0.103. The summed E-state index contributed by atoms with van der Waals surface area (Å²) >= 11 is 0. The van der Waals surface area contributed by atoms with E-state index in [0.717, 1.165) is 0 Å². The Labute approximate surface area is 135 Å². The molecule has 3 atom stereocenters. The van der Waals surface area contributed by atoms with E-state index in [-0.39, 0.29) is 36.7 Å². The highest BCUT2D eigenvalue weighted by Crippen LogP contribution is 2.39. The van der Waals surface area contributed by atoms with Crippen molar-refractivity contribution >= 4 is 28.4 Å². The zero-order valence-electron chi connectivity index (χ0n) is 14.3. The number of carbonyl (C=O) groups is 2. The van der Waals surface area contributed by atoms with Gasteiger partial charge in [0.15, 0.2) is 8.32 Å². The fraction of sp³-hybridized carbons (Fsp3) is 0.867. The van der Waals surface area contributed by atoms with Crippen LogP contribution in [0.2, 0.25) is 18.1 Å². The van der Waals surface area contributed by atoms with Gasteiger partial charge in [0.25, 0.3) is 0 Å². The van der Waals surface area contributed by atoms with E-state index < -0.39 is 20.3 Å². The van der Waals surface area contributed by atoms with Crippen LogP contribution in [-0.2, 0) is 23.5 Å². The molecule has 0 amide bonds. The monoisotopic (exact) mass is 326 g/mol. The molecule has 1 fully saturated rings. The van der Waals surface area contributed by atoms with Gasteiger partial charge in [0.1, 0.15) is 20.7 Å². The third kappa shape index (κ3) is 5.52. The van der Waals surface area contributed by atoms with Crippen LogP contribution in [0.3, 0.4) is 0 Å². The molecule has 124 valence electrons. The summed E-state index contributed by atoms with van der Waals surface area (Å²) < 4.78 is 17.0. The first-order valence-electron chi connectivity index (χ1n) is 7.75. The average molecular weight is 326 g/mol. The van der Waals surface area contributed by atoms with Crippen molar-refractivity contribution in [1.82, 2.24) is 0 Å². The van der Waals surface area contributed by atoms with Crippen LogP contribution >= 0.6 is 0 Å². The predicted octanol–water partition coefficient (Wildman–Crippen LogP) is 2.18. The SMILES string of the molecule is [B][C@@H]1O[C@H](COC(=O)CCC=O)CC1O[Si](C)(C)C(C)(C)C. The van der Waals surface area contributed by atoms with Crippen LogP contribution in [-0.4, -0.2) is 53.2 Å². The summed E-state index contributed by atoms with van der Waals surface area (Å²) in [5, 5.41) is 0.103. The van der Waals surface area contributed by atoms with E-state index in [1.807, 2.05) is 0 Å². The predicted molar refractivity (Wildman–Crippen MR) is 87.4 cm³/mol. The largest absolute Gasteiger partial charge is 0.463 e. The molecule has 0 N–H and O–H groups in total. The number of hydrogen-bond donors (Lipinski definition) is 0. The van der Waals surface area contributed by atoms with E-state index in [1.165, 1.54) is 0 Å². The Morgan fingerprint density at radius 2 is 2.05 bits per heavy atom. The molecule has 22 heavy (non-hydrogen) atoms. The quantitative estimate of drug-likeness (QED) is 0.408. The fourth-order valence-electron chi connectivity index (χ4n) is 1.97. The molecule has 0 aromatic rings. The van der Waals surface area contributed by atoms with Crippen molar-refractivity contribution in [2.24, 2.45) is 0 Å². The van der Waals surface area contributed by atoms with Crippen LogP contribution in [0.4, 0.5) is 0 Å². The highest BCUT2D eigenvalue weighted by atomic mass is 28.4. The summed E-state index contributed by atoms with van der Waals surface area (Å²) in [6.07, 6.45) is 1.19. The molecular formula is C15H27BO5Si. The Morgan fingerprint density at radius 3 is 2.59 bits per heavy atom. The maximum atomic E-state index is 11.4. The molecule has 5 nitrogen and oxygen atoms in total. The van der Waals surface area contributed by atoms with Gasteiger partial charge in [0.2, 0.25) is 0 Å². The van der Waals surface area contributed by atoms with Gasteiger partial charge in [-0.2, -0.15) is 0 Å². The smallest absolute Gasteiger partial charge is 0.306 e. The van der Waals surface area contributed by atoms with Gasteiger partial charge in [-0.25, -0.2) is 0 Å². The van der Waals surface area contributed by atoms with Gasteiger partial charge in [0, 0.05) is 18.8 Å². The maximum Gasteiger partial charge on any atom is 0.306 e. The summed E-state index contributed by atoms with van der Waals surface area (Å²) in [6, 6.07) is -0.493. The second kappa shape index (κ2) is 7.75. The lowest BCUT2D eigenvalue weighted by atomic mass is 9.94. The molecule has 1 aliphatic heterocycles. The van der Waals surface area contributed by atoms with Gasteiger partial charge in [-0.1, -0.05) is 20.8 Å². The van der Waals surface area contributed by atoms with Gasteiger partial charge in [-0.15, -0.1) is 0 Å². The molecule has 1 rings (SSSR count). The first kappa shape index (κ1) is 19.4. The van der Waals surface area contributed by atoms with Gasteiger partial charge < -0.3 is 18.7 Å². The molecular weight excluding hydrogens is 299 g/mol. The topological polar surface area (TPSA) is 61.8 Å². The molecule has 2 radical (unpaired) electrons. The van der Waals surface area contributed by atoms with Crippen molar-refractivity contribution in [3.63, 3.8) is 0 Å². The maximum absolute atomic E-state index is 11.4. The molecule has 1 aliphatic rings. The normalized spacial score (nSPS) is 26.0. The molecule has 0 aromatic carbocycles. The highest BCUT2D eigenvalue weighted by Gasteiger charge is 2.43. The van der Waals surface area contributed by atoms with Crippen molar-refractivity contribution in [2.45, 2.75) is 76.4 Å². The number of ether oxygens (including phenoxy) is 2. The summed E-state index contributed by atoms with van der Waals surface area (Å²) in [5.41, 5.74) is 0. The van der Waals surface area contributed by atoms with Gasteiger partial charge in [0.05, 0.1) is 18.6 Å². The molecule has 7 heteroatoms. The van der Waals surface area contributed by atoms with Crippen LogP contribution in [0.1, 0.15) is 40.0 Å². The van der Waals surface area contributed by atoms with Crippen molar-refractivity contribution in [3.05, 3.63) is 0 Å². The van der Waals surface area contributed by atoms with Crippen LogP contribution < -0.4 is 0 Å². The van der Waals surface area contributed by atoms with Crippen LogP contribution in [0.5, 0.6) is 0 Å². The molecule has 0 aliphatic carbocycles. The van der Waals surface area contributed by atoms with E-state index in [0.29, 0.717) is 12.7 Å². The molecule has 0 aromatic heterocycles. The summed E-state index contributed by atoms with van der Waals surface area (Å²) in [7, 11) is 4.08. The van der Waals surface area contributed by atoms with Crippen molar-refractivity contribution in [2.75, 3.05) is 6.61 Å². The van der Waals surface area contributed by atoms with Gasteiger partial charge in [-0.05, 0) is 18.1 Å². The third-order valence-corrected chi connectivity index (χ3v) is 8.86. The molecule has 0 bridgehead atoms. The van der Waals surface area contributed by atoms with E-state index in [1.54, 1.807) is 0 Å². The molecule has 1 heterocycles. The highest BCUT2D eigenvalue weighted by molar-refractivity contribution is 6.74. The zero-order valence-corrected chi connectivity index (χ0v) is 15.3.